The molecule has 2 aliphatic heterocycles. The molecule has 1 amide bonds. The summed E-state index contributed by atoms with van der Waals surface area (Å²) in [5.74, 6) is -0.988. The Labute approximate surface area is 181 Å². The van der Waals surface area contributed by atoms with Crippen molar-refractivity contribution in [3.63, 3.8) is 0 Å². The van der Waals surface area contributed by atoms with Crippen LogP contribution in [-0.2, 0) is 11.2 Å². The van der Waals surface area contributed by atoms with Crippen molar-refractivity contribution in [2.45, 2.75) is 32.3 Å². The van der Waals surface area contributed by atoms with Gasteiger partial charge in [-0.05, 0) is 42.2 Å². The summed E-state index contributed by atoms with van der Waals surface area (Å²) >= 11 is 0. The number of carbonyl (C=O) groups excluding carboxylic acids is 1. The molecule has 2 aromatic carbocycles. The van der Waals surface area contributed by atoms with Gasteiger partial charge in [0.15, 0.2) is 0 Å². The number of halogens is 2. The van der Waals surface area contributed by atoms with E-state index in [1.165, 1.54) is 12.1 Å². The van der Waals surface area contributed by atoms with Crippen LogP contribution in [0.1, 0.15) is 37.0 Å². The highest BCUT2D eigenvalue weighted by molar-refractivity contribution is 5.94. The third-order valence-corrected chi connectivity index (χ3v) is 6.26. The van der Waals surface area contributed by atoms with Crippen LogP contribution in [0, 0.1) is 11.6 Å². The van der Waals surface area contributed by atoms with Crippen molar-refractivity contribution in [1.82, 2.24) is 4.90 Å². The van der Waals surface area contributed by atoms with Gasteiger partial charge >= 0.3 is 0 Å². The predicted molar refractivity (Wildman–Crippen MR) is 117 cm³/mol. The summed E-state index contributed by atoms with van der Waals surface area (Å²) < 4.78 is 27.2. The number of anilines is 2. The van der Waals surface area contributed by atoms with E-state index < -0.39 is 17.7 Å². The van der Waals surface area contributed by atoms with E-state index in [1.54, 1.807) is 0 Å². The van der Waals surface area contributed by atoms with E-state index >= 15 is 0 Å². The molecule has 1 atom stereocenters. The van der Waals surface area contributed by atoms with E-state index in [1.807, 2.05) is 34.9 Å². The normalized spacial score (nSPS) is 18.1. The fourth-order valence-corrected chi connectivity index (χ4v) is 4.53. The molecular weight excluding hydrogens is 400 g/mol. The van der Waals surface area contributed by atoms with E-state index in [9.17, 15) is 18.7 Å². The van der Waals surface area contributed by atoms with Gasteiger partial charge in [0.2, 0.25) is 5.91 Å². The number of β-amino-alcohol motifs (C(OH)–C–C–N with tert-alkyl or cyclic N) is 1. The third kappa shape index (κ3) is 4.72. The minimum atomic E-state index is -0.628. The highest BCUT2D eigenvalue weighted by Crippen LogP contribution is 2.31. The minimum Gasteiger partial charge on any atom is -0.387 e. The minimum absolute atomic E-state index is 0.129. The fraction of sp³-hybridized carbons (Fsp3) is 0.458. The van der Waals surface area contributed by atoms with Crippen molar-refractivity contribution in [3.05, 3.63) is 59.2 Å². The van der Waals surface area contributed by atoms with Crippen LogP contribution in [0.15, 0.2) is 36.4 Å². The molecule has 166 valence electrons. The standard InChI is InChI=1S/C24H29F2N3O2/c1-2-24(31)29-9-3-4-17-14-18(5-7-21(17)29)23(30)16-27-10-12-28(13-11-27)22-8-6-19(25)15-20(22)26/h5-8,14-15,23,30H,2-4,9-13,16H2,1H3/t23-/m1/s1. The number of carbonyl (C=O) groups is 1. The van der Waals surface area contributed by atoms with Gasteiger partial charge in [-0.2, -0.15) is 0 Å². The Hall–Kier alpha value is -2.51. The topological polar surface area (TPSA) is 47.0 Å². The molecule has 31 heavy (non-hydrogen) atoms. The van der Waals surface area contributed by atoms with Crippen LogP contribution in [0.5, 0.6) is 0 Å². The quantitative estimate of drug-likeness (QED) is 0.790. The SMILES string of the molecule is CCC(=O)N1CCCc2cc([C@H](O)CN3CCN(c4ccc(F)cc4F)CC3)ccc21. The summed E-state index contributed by atoms with van der Waals surface area (Å²) in [7, 11) is 0. The molecule has 0 aliphatic carbocycles. The second kappa shape index (κ2) is 9.32. The average Bonchev–Trinajstić information content (AvgIpc) is 2.78. The molecule has 4 rings (SSSR count). The molecule has 5 nitrogen and oxygen atoms in total. The number of aryl methyl sites for hydroxylation is 1. The van der Waals surface area contributed by atoms with Crippen LogP contribution in [-0.4, -0.2) is 55.2 Å². The molecule has 1 N–H and O–H groups in total. The fourth-order valence-electron chi connectivity index (χ4n) is 4.53. The van der Waals surface area contributed by atoms with Gasteiger partial charge in [-0.3, -0.25) is 9.69 Å². The first kappa shape index (κ1) is 21.7. The molecule has 0 aromatic heterocycles. The molecule has 7 heteroatoms. The molecule has 0 unspecified atom stereocenters. The summed E-state index contributed by atoms with van der Waals surface area (Å²) in [6.45, 7) is 5.74. The van der Waals surface area contributed by atoms with E-state index in [2.05, 4.69) is 4.90 Å². The van der Waals surface area contributed by atoms with Crippen LogP contribution < -0.4 is 9.80 Å². The van der Waals surface area contributed by atoms with Crippen LogP contribution in [0.3, 0.4) is 0 Å². The zero-order chi connectivity index (χ0) is 22.0. The van der Waals surface area contributed by atoms with Crippen molar-refractivity contribution in [1.29, 1.82) is 0 Å². The van der Waals surface area contributed by atoms with Crippen LogP contribution in [0.25, 0.3) is 0 Å². The molecule has 1 saturated heterocycles. The highest BCUT2D eigenvalue weighted by Gasteiger charge is 2.25. The van der Waals surface area contributed by atoms with Gasteiger partial charge in [-0.15, -0.1) is 0 Å². The number of rotatable bonds is 5. The van der Waals surface area contributed by atoms with E-state index in [4.69, 9.17) is 0 Å². The molecule has 0 bridgehead atoms. The first-order valence-electron chi connectivity index (χ1n) is 11.0. The van der Waals surface area contributed by atoms with Gasteiger partial charge in [0.05, 0.1) is 11.8 Å². The van der Waals surface area contributed by atoms with Crippen LogP contribution in [0.4, 0.5) is 20.2 Å². The van der Waals surface area contributed by atoms with Crippen molar-refractivity contribution < 1.29 is 18.7 Å². The number of benzene rings is 2. The van der Waals surface area contributed by atoms with Crippen molar-refractivity contribution in [2.24, 2.45) is 0 Å². The monoisotopic (exact) mass is 429 g/mol. The van der Waals surface area contributed by atoms with Crippen LogP contribution >= 0.6 is 0 Å². The van der Waals surface area contributed by atoms with Gasteiger partial charge in [0.1, 0.15) is 11.6 Å². The number of aliphatic hydroxyl groups is 1. The lowest BCUT2D eigenvalue weighted by Gasteiger charge is -2.37. The molecule has 2 aromatic rings. The average molecular weight is 430 g/mol. The zero-order valence-electron chi connectivity index (χ0n) is 17.9. The lowest BCUT2D eigenvalue weighted by molar-refractivity contribution is -0.118. The Bertz CT molecular complexity index is 944. The first-order valence-corrected chi connectivity index (χ1v) is 11.0. The maximum Gasteiger partial charge on any atom is 0.226 e. The number of nitrogens with zero attached hydrogens (tertiary/aromatic N) is 3. The Kier molecular flexibility index (Phi) is 6.53. The smallest absolute Gasteiger partial charge is 0.226 e. The summed E-state index contributed by atoms with van der Waals surface area (Å²) in [6, 6.07) is 9.56. The lowest BCUT2D eigenvalue weighted by atomic mass is 9.96. The van der Waals surface area contributed by atoms with E-state index in [-0.39, 0.29) is 5.91 Å². The lowest BCUT2D eigenvalue weighted by Crippen LogP contribution is -2.47. The Morgan fingerprint density at radius 1 is 1.03 bits per heavy atom. The largest absolute Gasteiger partial charge is 0.387 e. The predicted octanol–water partition coefficient (Wildman–Crippen LogP) is 3.51. The maximum atomic E-state index is 14.0. The molecule has 0 saturated carbocycles. The molecule has 2 heterocycles. The number of hydrogen-bond donors (Lipinski definition) is 1. The first-order chi connectivity index (χ1) is 15.0. The number of hydrogen-bond acceptors (Lipinski definition) is 4. The summed E-state index contributed by atoms with van der Waals surface area (Å²) in [6.07, 6.45) is 1.69. The molecule has 0 spiro atoms. The summed E-state index contributed by atoms with van der Waals surface area (Å²) in [4.78, 5) is 18.1. The number of fused-ring (bicyclic) bond motifs is 1. The van der Waals surface area contributed by atoms with Gasteiger partial charge in [0, 0.05) is 57.4 Å². The molecule has 0 radical (unpaired) electrons. The van der Waals surface area contributed by atoms with E-state index in [0.29, 0.717) is 44.8 Å². The van der Waals surface area contributed by atoms with Crippen molar-refractivity contribution in [3.8, 4) is 0 Å². The van der Waals surface area contributed by atoms with Gasteiger partial charge in [0.25, 0.3) is 0 Å². The molecule has 1 fully saturated rings. The number of piperazine rings is 1. The Balaban J connectivity index is 1.37. The zero-order valence-corrected chi connectivity index (χ0v) is 17.9. The summed E-state index contributed by atoms with van der Waals surface area (Å²) in [5.41, 5.74) is 3.35. The second-order valence-corrected chi connectivity index (χ2v) is 8.29. The Morgan fingerprint density at radius 2 is 1.77 bits per heavy atom. The highest BCUT2D eigenvalue weighted by atomic mass is 19.1. The maximum absolute atomic E-state index is 14.0. The van der Waals surface area contributed by atoms with Gasteiger partial charge in [-0.1, -0.05) is 19.1 Å². The third-order valence-electron chi connectivity index (χ3n) is 6.26. The second-order valence-electron chi connectivity index (χ2n) is 8.29. The van der Waals surface area contributed by atoms with Crippen LogP contribution in [0.2, 0.25) is 0 Å². The van der Waals surface area contributed by atoms with Gasteiger partial charge < -0.3 is 14.9 Å². The molecular formula is C24H29F2N3O2. The van der Waals surface area contributed by atoms with Crippen molar-refractivity contribution in [2.75, 3.05) is 49.1 Å². The van der Waals surface area contributed by atoms with Crippen molar-refractivity contribution >= 4 is 17.3 Å². The van der Waals surface area contributed by atoms with Gasteiger partial charge in [-0.25, -0.2) is 8.78 Å². The van der Waals surface area contributed by atoms with E-state index in [0.717, 1.165) is 42.3 Å². The summed E-state index contributed by atoms with van der Waals surface area (Å²) in [5, 5.41) is 10.8. The number of amides is 1. The Morgan fingerprint density at radius 3 is 2.48 bits per heavy atom. The molecule has 2 aliphatic rings. The number of aliphatic hydroxyl groups excluding tert-OH is 1.